The van der Waals surface area contributed by atoms with E-state index in [0.29, 0.717) is 0 Å². The molecule has 2 aromatic heterocycles. The lowest BCUT2D eigenvalue weighted by molar-refractivity contribution is -0.0144. The molecule has 2 N–H and O–H groups in total. The van der Waals surface area contributed by atoms with Gasteiger partial charge in [0, 0.05) is 24.8 Å². The summed E-state index contributed by atoms with van der Waals surface area (Å²) in [6.45, 7) is 5.46. The number of hydrogen-bond acceptors (Lipinski definition) is 3. The van der Waals surface area contributed by atoms with Crippen molar-refractivity contribution in [2.24, 2.45) is 0 Å². The van der Waals surface area contributed by atoms with Gasteiger partial charge in [0.25, 0.3) is 0 Å². The first-order valence-electron chi connectivity index (χ1n) is 7.69. The maximum atomic E-state index is 5.69. The van der Waals surface area contributed by atoms with E-state index in [9.17, 15) is 0 Å². The minimum Gasteiger partial charge on any atom is -0.378 e. The highest BCUT2D eigenvalue weighted by molar-refractivity contribution is 5.79. The van der Waals surface area contributed by atoms with Crippen molar-refractivity contribution in [1.29, 1.82) is 0 Å². The zero-order chi connectivity index (χ0) is 14.9. The molecule has 1 atom stereocenters. The molecule has 1 aliphatic heterocycles. The summed E-state index contributed by atoms with van der Waals surface area (Å²) in [6, 6.07) is 8.98. The molecule has 5 nitrogen and oxygen atoms in total. The highest BCUT2D eigenvalue weighted by Gasteiger charge is 2.27. The SMILES string of the molecule is Cc1cn[nH]c1C1COCCN1Cc1ccc2[nH]ccc2c1. The van der Waals surface area contributed by atoms with Crippen molar-refractivity contribution in [2.75, 3.05) is 19.8 Å². The number of aromatic amines is 2. The maximum absolute atomic E-state index is 5.69. The predicted molar refractivity (Wildman–Crippen MR) is 85.6 cm³/mol. The summed E-state index contributed by atoms with van der Waals surface area (Å²) in [4.78, 5) is 5.71. The number of benzene rings is 1. The Morgan fingerprint density at radius 3 is 3.18 bits per heavy atom. The maximum Gasteiger partial charge on any atom is 0.0758 e. The Balaban J connectivity index is 1.60. The molecule has 0 aliphatic carbocycles. The average Bonchev–Trinajstić information content (AvgIpc) is 3.16. The van der Waals surface area contributed by atoms with Crippen LogP contribution in [0.25, 0.3) is 10.9 Å². The highest BCUT2D eigenvalue weighted by Crippen LogP contribution is 2.27. The van der Waals surface area contributed by atoms with E-state index in [1.165, 1.54) is 27.7 Å². The number of ether oxygens (including phenoxy) is 1. The first-order valence-corrected chi connectivity index (χ1v) is 7.69. The number of aromatic nitrogens is 3. The molecule has 0 saturated carbocycles. The molecule has 0 bridgehead atoms. The number of nitrogens with one attached hydrogen (secondary N) is 2. The summed E-state index contributed by atoms with van der Waals surface area (Å²) in [7, 11) is 0. The van der Waals surface area contributed by atoms with Gasteiger partial charge in [-0.1, -0.05) is 6.07 Å². The Morgan fingerprint density at radius 1 is 1.36 bits per heavy atom. The van der Waals surface area contributed by atoms with Gasteiger partial charge in [0.2, 0.25) is 0 Å². The second-order valence-corrected chi connectivity index (χ2v) is 5.93. The van der Waals surface area contributed by atoms with Gasteiger partial charge in [-0.2, -0.15) is 5.10 Å². The predicted octanol–water partition coefficient (Wildman–Crippen LogP) is 2.77. The van der Waals surface area contributed by atoms with Gasteiger partial charge in [-0.25, -0.2) is 0 Å². The fourth-order valence-electron chi connectivity index (χ4n) is 3.22. The van der Waals surface area contributed by atoms with Gasteiger partial charge in [-0.05, 0) is 41.6 Å². The first kappa shape index (κ1) is 13.5. The van der Waals surface area contributed by atoms with Crippen molar-refractivity contribution in [3.8, 4) is 0 Å². The second-order valence-electron chi connectivity index (χ2n) is 5.93. The number of hydrogen-bond donors (Lipinski definition) is 2. The normalized spacial score (nSPS) is 19.8. The standard InChI is InChI=1S/C17H20N4O/c1-12-9-19-20-17(12)16-11-22-7-6-21(16)10-13-2-3-15-14(8-13)4-5-18-15/h2-5,8-9,16,18H,6-7,10-11H2,1H3,(H,19,20). The van der Waals surface area contributed by atoms with Crippen molar-refractivity contribution in [3.63, 3.8) is 0 Å². The molecule has 3 heterocycles. The topological polar surface area (TPSA) is 56.9 Å². The summed E-state index contributed by atoms with van der Waals surface area (Å²) >= 11 is 0. The molecule has 22 heavy (non-hydrogen) atoms. The van der Waals surface area contributed by atoms with Gasteiger partial charge in [-0.3, -0.25) is 10.00 Å². The Hall–Kier alpha value is -2.11. The molecule has 1 aromatic carbocycles. The summed E-state index contributed by atoms with van der Waals surface area (Å²) in [5, 5.41) is 8.56. The quantitative estimate of drug-likeness (QED) is 0.781. The summed E-state index contributed by atoms with van der Waals surface area (Å²) in [6.07, 6.45) is 3.87. The summed E-state index contributed by atoms with van der Waals surface area (Å²) in [5.41, 5.74) is 4.88. The van der Waals surface area contributed by atoms with Crippen molar-refractivity contribution in [2.45, 2.75) is 19.5 Å². The minimum absolute atomic E-state index is 0.248. The Morgan fingerprint density at radius 2 is 2.32 bits per heavy atom. The molecule has 1 unspecified atom stereocenters. The van der Waals surface area contributed by atoms with Gasteiger partial charge in [0.15, 0.2) is 0 Å². The molecule has 5 heteroatoms. The third-order valence-corrected chi connectivity index (χ3v) is 4.44. The fourth-order valence-corrected chi connectivity index (χ4v) is 3.22. The van der Waals surface area contributed by atoms with Crippen LogP contribution >= 0.6 is 0 Å². The third-order valence-electron chi connectivity index (χ3n) is 4.44. The van der Waals surface area contributed by atoms with E-state index >= 15 is 0 Å². The smallest absolute Gasteiger partial charge is 0.0758 e. The van der Waals surface area contributed by atoms with Crippen LogP contribution < -0.4 is 0 Å². The van der Waals surface area contributed by atoms with E-state index in [1.54, 1.807) is 0 Å². The van der Waals surface area contributed by atoms with Crippen LogP contribution in [0.5, 0.6) is 0 Å². The molecule has 1 fully saturated rings. The largest absolute Gasteiger partial charge is 0.378 e. The number of rotatable bonds is 3. The molecular formula is C17H20N4O. The van der Waals surface area contributed by atoms with Crippen LogP contribution in [0, 0.1) is 6.92 Å². The van der Waals surface area contributed by atoms with Crippen LogP contribution in [0.15, 0.2) is 36.7 Å². The zero-order valence-electron chi connectivity index (χ0n) is 12.7. The lowest BCUT2D eigenvalue weighted by Crippen LogP contribution is -2.39. The van der Waals surface area contributed by atoms with Crippen LogP contribution in [-0.4, -0.2) is 39.8 Å². The van der Waals surface area contributed by atoms with Crippen LogP contribution in [-0.2, 0) is 11.3 Å². The van der Waals surface area contributed by atoms with E-state index < -0.39 is 0 Å². The fraction of sp³-hybridized carbons (Fsp3) is 0.353. The monoisotopic (exact) mass is 296 g/mol. The van der Waals surface area contributed by atoms with E-state index in [2.05, 4.69) is 51.3 Å². The van der Waals surface area contributed by atoms with Gasteiger partial charge < -0.3 is 9.72 Å². The molecule has 1 saturated heterocycles. The summed E-state index contributed by atoms with van der Waals surface area (Å²) in [5.74, 6) is 0. The number of morpholine rings is 1. The van der Waals surface area contributed by atoms with Crippen molar-refractivity contribution in [1.82, 2.24) is 20.1 Å². The van der Waals surface area contributed by atoms with E-state index in [1.807, 2.05) is 12.4 Å². The van der Waals surface area contributed by atoms with Crippen molar-refractivity contribution >= 4 is 10.9 Å². The van der Waals surface area contributed by atoms with Crippen LogP contribution in [0.3, 0.4) is 0 Å². The minimum atomic E-state index is 0.248. The first-order chi connectivity index (χ1) is 10.8. The molecule has 114 valence electrons. The molecular weight excluding hydrogens is 276 g/mol. The molecule has 0 radical (unpaired) electrons. The lowest BCUT2D eigenvalue weighted by atomic mass is 10.1. The van der Waals surface area contributed by atoms with E-state index in [0.717, 1.165) is 26.3 Å². The van der Waals surface area contributed by atoms with E-state index in [4.69, 9.17) is 4.74 Å². The Bertz CT molecular complexity index is 776. The number of nitrogens with zero attached hydrogens (tertiary/aromatic N) is 2. The van der Waals surface area contributed by atoms with Gasteiger partial charge >= 0.3 is 0 Å². The van der Waals surface area contributed by atoms with Crippen LogP contribution in [0.1, 0.15) is 22.9 Å². The zero-order valence-corrected chi connectivity index (χ0v) is 12.7. The van der Waals surface area contributed by atoms with Crippen molar-refractivity contribution in [3.05, 3.63) is 53.5 Å². The Labute approximate surface area is 129 Å². The van der Waals surface area contributed by atoms with Crippen LogP contribution in [0.2, 0.25) is 0 Å². The van der Waals surface area contributed by atoms with E-state index in [-0.39, 0.29) is 6.04 Å². The molecule has 0 spiro atoms. The van der Waals surface area contributed by atoms with Gasteiger partial charge in [0.05, 0.1) is 31.1 Å². The molecule has 1 aliphatic rings. The van der Waals surface area contributed by atoms with Crippen LogP contribution in [0.4, 0.5) is 0 Å². The number of aryl methyl sites for hydroxylation is 1. The van der Waals surface area contributed by atoms with Gasteiger partial charge in [-0.15, -0.1) is 0 Å². The third kappa shape index (κ3) is 2.42. The molecule has 4 rings (SSSR count). The lowest BCUT2D eigenvalue weighted by Gasteiger charge is -2.35. The number of H-pyrrole nitrogens is 2. The molecule has 0 amide bonds. The number of fused-ring (bicyclic) bond motifs is 1. The highest BCUT2D eigenvalue weighted by atomic mass is 16.5. The second kappa shape index (κ2) is 5.59. The van der Waals surface area contributed by atoms with Gasteiger partial charge in [0.1, 0.15) is 0 Å². The van der Waals surface area contributed by atoms with Crippen molar-refractivity contribution < 1.29 is 4.74 Å². The molecule has 3 aromatic rings. The summed E-state index contributed by atoms with van der Waals surface area (Å²) < 4.78 is 5.69. The Kier molecular flexibility index (Phi) is 3.44. The average molecular weight is 296 g/mol.